The van der Waals surface area contributed by atoms with E-state index in [-0.39, 0.29) is 5.88 Å². The van der Waals surface area contributed by atoms with E-state index in [2.05, 4.69) is 39.2 Å². The van der Waals surface area contributed by atoms with Gasteiger partial charge in [0.15, 0.2) is 12.6 Å². The molecule has 1 aromatic heterocycles. The number of rotatable bonds is 11. The van der Waals surface area contributed by atoms with Gasteiger partial charge in [0.2, 0.25) is 5.88 Å². The molecule has 0 fully saturated rings. The zero-order valence-corrected chi connectivity index (χ0v) is 16.1. The topological polar surface area (TPSA) is 67.8 Å². The second-order valence-corrected chi connectivity index (χ2v) is 6.33. The average molecular weight is 390 g/mol. The maximum atomic E-state index is 12.1. The highest BCUT2D eigenvalue weighted by Gasteiger charge is 2.28. The minimum Gasteiger partial charge on any atom is -0.468 e. The van der Waals surface area contributed by atoms with Crippen LogP contribution in [0.25, 0.3) is 0 Å². The molecule has 1 heterocycles. The third-order valence-electron chi connectivity index (χ3n) is 3.32. The maximum Gasteiger partial charge on any atom is 0.422 e. The van der Waals surface area contributed by atoms with Crippen LogP contribution in [0.5, 0.6) is 5.88 Å². The van der Waals surface area contributed by atoms with Crippen LogP contribution < -0.4 is 15.4 Å². The van der Waals surface area contributed by atoms with Crippen LogP contribution in [0.15, 0.2) is 23.3 Å². The van der Waals surface area contributed by atoms with Gasteiger partial charge in [-0.2, -0.15) is 13.2 Å². The molecule has 0 radical (unpaired) electrons. The number of pyridine rings is 1. The van der Waals surface area contributed by atoms with Gasteiger partial charge < -0.3 is 20.1 Å². The maximum absolute atomic E-state index is 12.1. The van der Waals surface area contributed by atoms with Crippen molar-refractivity contribution in [1.29, 1.82) is 0 Å². The molecule has 0 saturated carbocycles. The minimum absolute atomic E-state index is 0.0661. The Kier molecular flexibility index (Phi) is 10.5. The summed E-state index contributed by atoms with van der Waals surface area (Å²) in [5.41, 5.74) is 0.764. The first-order valence-corrected chi connectivity index (χ1v) is 9.04. The molecule has 9 heteroatoms. The van der Waals surface area contributed by atoms with Crippen molar-refractivity contribution in [2.45, 2.75) is 39.9 Å². The quantitative estimate of drug-likeness (QED) is 0.345. The van der Waals surface area contributed by atoms with Crippen molar-refractivity contribution in [3.8, 4) is 5.88 Å². The van der Waals surface area contributed by atoms with E-state index in [1.165, 1.54) is 12.3 Å². The smallest absolute Gasteiger partial charge is 0.422 e. The molecule has 0 aliphatic heterocycles. The standard InChI is InChI=1S/C18H29F3N4O2/c1-4-22-17(23-8-10-26-9-7-14(2)3)25-12-15-5-6-16(24-11-15)27-13-18(19,20)21/h5-6,11,14H,4,7-10,12-13H2,1-3H3,(H2,22,23,25). The van der Waals surface area contributed by atoms with E-state index in [0.29, 0.717) is 38.1 Å². The highest BCUT2D eigenvalue weighted by atomic mass is 19.4. The van der Waals surface area contributed by atoms with Crippen LogP contribution in [0.2, 0.25) is 0 Å². The van der Waals surface area contributed by atoms with Crippen LogP contribution in [0.1, 0.15) is 32.8 Å². The number of ether oxygens (including phenoxy) is 2. The van der Waals surface area contributed by atoms with Crippen molar-refractivity contribution in [3.63, 3.8) is 0 Å². The fourth-order valence-corrected chi connectivity index (χ4v) is 1.92. The average Bonchev–Trinajstić information content (AvgIpc) is 2.60. The molecule has 6 nitrogen and oxygen atoms in total. The highest BCUT2D eigenvalue weighted by molar-refractivity contribution is 5.79. The Morgan fingerprint density at radius 2 is 2.00 bits per heavy atom. The van der Waals surface area contributed by atoms with E-state index < -0.39 is 12.8 Å². The Labute approximate surface area is 158 Å². The molecule has 0 aliphatic carbocycles. The normalized spacial score (nSPS) is 12.3. The molecule has 0 aromatic carbocycles. The Bertz CT molecular complexity index is 549. The number of aliphatic imine (C=N–C) groups is 1. The largest absolute Gasteiger partial charge is 0.468 e. The van der Waals surface area contributed by atoms with Crippen molar-refractivity contribution >= 4 is 5.96 Å². The lowest BCUT2D eigenvalue weighted by Crippen LogP contribution is -2.39. The van der Waals surface area contributed by atoms with Gasteiger partial charge in [0, 0.05) is 32.0 Å². The first-order chi connectivity index (χ1) is 12.8. The third-order valence-corrected chi connectivity index (χ3v) is 3.32. The third kappa shape index (κ3) is 12.1. The molecular formula is C18H29F3N4O2. The van der Waals surface area contributed by atoms with Gasteiger partial charge in [-0.1, -0.05) is 19.9 Å². The van der Waals surface area contributed by atoms with Gasteiger partial charge in [-0.3, -0.25) is 0 Å². The molecule has 0 unspecified atom stereocenters. The van der Waals surface area contributed by atoms with E-state index in [9.17, 15) is 13.2 Å². The van der Waals surface area contributed by atoms with Gasteiger partial charge in [0.25, 0.3) is 0 Å². The van der Waals surface area contributed by atoms with Crippen LogP contribution in [0.4, 0.5) is 13.2 Å². The Morgan fingerprint density at radius 1 is 1.22 bits per heavy atom. The molecule has 0 aliphatic rings. The van der Waals surface area contributed by atoms with Crippen molar-refractivity contribution in [1.82, 2.24) is 15.6 Å². The van der Waals surface area contributed by atoms with Crippen molar-refractivity contribution < 1.29 is 22.6 Å². The molecule has 27 heavy (non-hydrogen) atoms. The van der Waals surface area contributed by atoms with Crippen LogP contribution in [-0.2, 0) is 11.3 Å². The lowest BCUT2D eigenvalue weighted by molar-refractivity contribution is -0.154. The van der Waals surface area contributed by atoms with Crippen molar-refractivity contribution in [3.05, 3.63) is 23.9 Å². The van der Waals surface area contributed by atoms with Gasteiger partial charge in [-0.05, 0) is 24.8 Å². The molecule has 1 aromatic rings. The fourth-order valence-electron chi connectivity index (χ4n) is 1.92. The summed E-state index contributed by atoms with van der Waals surface area (Å²) in [6.07, 6.45) is -1.90. The summed E-state index contributed by atoms with van der Waals surface area (Å²) in [5.74, 6) is 1.20. The van der Waals surface area contributed by atoms with E-state index in [0.717, 1.165) is 18.6 Å². The fraction of sp³-hybridized carbons (Fsp3) is 0.667. The molecular weight excluding hydrogens is 361 g/mol. The molecule has 0 amide bonds. The second kappa shape index (κ2) is 12.4. The molecule has 2 N–H and O–H groups in total. The van der Waals surface area contributed by atoms with Crippen LogP contribution in [0.3, 0.4) is 0 Å². The van der Waals surface area contributed by atoms with Crippen LogP contribution in [0, 0.1) is 5.92 Å². The minimum atomic E-state index is -4.38. The predicted molar refractivity (Wildman–Crippen MR) is 98.9 cm³/mol. The Morgan fingerprint density at radius 3 is 2.59 bits per heavy atom. The Balaban J connectivity index is 2.40. The summed E-state index contributed by atoms with van der Waals surface area (Å²) in [5, 5.41) is 6.29. The number of halogens is 3. The van der Waals surface area contributed by atoms with Crippen LogP contribution in [-0.4, -0.2) is 50.0 Å². The van der Waals surface area contributed by atoms with Gasteiger partial charge in [-0.25, -0.2) is 9.98 Å². The summed E-state index contributed by atoms with van der Waals surface area (Å²) >= 11 is 0. The van der Waals surface area contributed by atoms with Crippen molar-refractivity contribution in [2.24, 2.45) is 10.9 Å². The predicted octanol–water partition coefficient (Wildman–Crippen LogP) is 3.14. The summed E-state index contributed by atoms with van der Waals surface area (Å²) in [6, 6.07) is 3.04. The number of alkyl halides is 3. The van der Waals surface area contributed by atoms with E-state index >= 15 is 0 Å². The summed E-state index contributed by atoms with van der Waals surface area (Å²) in [7, 11) is 0. The SMILES string of the molecule is CCNC(=NCc1ccc(OCC(F)(F)F)nc1)NCCOCCC(C)C. The molecule has 154 valence electrons. The lowest BCUT2D eigenvalue weighted by Gasteiger charge is -2.12. The zero-order chi connectivity index (χ0) is 20.1. The summed E-state index contributed by atoms with van der Waals surface area (Å²) < 4.78 is 46.5. The molecule has 0 bridgehead atoms. The second-order valence-electron chi connectivity index (χ2n) is 6.33. The molecule has 1 rings (SSSR count). The number of nitrogens with zero attached hydrogens (tertiary/aromatic N) is 2. The lowest BCUT2D eigenvalue weighted by atomic mass is 10.1. The van der Waals surface area contributed by atoms with E-state index in [4.69, 9.17) is 4.74 Å². The summed E-state index contributed by atoms with van der Waals surface area (Å²) in [6.45, 7) is 7.93. The molecule has 0 atom stereocenters. The van der Waals surface area contributed by atoms with Crippen LogP contribution >= 0.6 is 0 Å². The number of nitrogens with one attached hydrogen (secondary N) is 2. The zero-order valence-electron chi connectivity index (χ0n) is 16.1. The number of aromatic nitrogens is 1. The van der Waals surface area contributed by atoms with Crippen molar-refractivity contribution in [2.75, 3.05) is 32.9 Å². The number of hydrogen-bond donors (Lipinski definition) is 2. The monoisotopic (exact) mass is 390 g/mol. The van der Waals surface area contributed by atoms with Gasteiger partial charge in [0.1, 0.15) is 0 Å². The Hall–Kier alpha value is -2.03. The van der Waals surface area contributed by atoms with Gasteiger partial charge in [0.05, 0.1) is 13.2 Å². The summed E-state index contributed by atoms with van der Waals surface area (Å²) in [4.78, 5) is 8.29. The highest BCUT2D eigenvalue weighted by Crippen LogP contribution is 2.17. The molecule has 0 spiro atoms. The first-order valence-electron chi connectivity index (χ1n) is 9.04. The van der Waals surface area contributed by atoms with Gasteiger partial charge in [-0.15, -0.1) is 0 Å². The number of guanidine groups is 1. The number of hydrogen-bond acceptors (Lipinski definition) is 4. The first kappa shape index (κ1) is 23.0. The van der Waals surface area contributed by atoms with E-state index in [1.807, 2.05) is 6.92 Å². The van der Waals surface area contributed by atoms with E-state index in [1.54, 1.807) is 6.07 Å². The molecule has 0 saturated heterocycles. The van der Waals surface area contributed by atoms with Gasteiger partial charge >= 0.3 is 6.18 Å².